The van der Waals surface area contributed by atoms with Crippen LogP contribution in [0.3, 0.4) is 0 Å². The quantitative estimate of drug-likeness (QED) is 0.847. The molecule has 1 aromatic heterocycles. The van der Waals surface area contributed by atoms with Crippen molar-refractivity contribution in [1.82, 2.24) is 4.98 Å². The molecular weight excluding hydrogens is 206 g/mol. The first kappa shape index (κ1) is 10.9. The fourth-order valence-corrected chi connectivity index (χ4v) is 2.49. The van der Waals surface area contributed by atoms with Gasteiger partial charge in [-0.2, -0.15) is 0 Å². The number of aromatic nitrogens is 1. The molecule has 1 aromatic rings. The van der Waals surface area contributed by atoms with Crippen LogP contribution in [0.2, 0.25) is 0 Å². The van der Waals surface area contributed by atoms with Crippen LogP contribution in [0, 0.1) is 11.3 Å². The molecule has 1 aliphatic rings. The Morgan fingerprint density at radius 3 is 2.75 bits per heavy atom. The average molecular weight is 221 g/mol. The van der Waals surface area contributed by atoms with E-state index in [1.165, 1.54) is 0 Å². The lowest BCUT2D eigenvalue weighted by Gasteiger charge is -2.07. The molecule has 4 heteroatoms. The average Bonchev–Trinajstić information content (AvgIpc) is 2.81. The van der Waals surface area contributed by atoms with Gasteiger partial charge in [0.05, 0.1) is 13.0 Å². The van der Waals surface area contributed by atoms with Crippen LogP contribution in [0.5, 0.6) is 5.88 Å². The summed E-state index contributed by atoms with van der Waals surface area (Å²) < 4.78 is 5.16. The summed E-state index contributed by atoms with van der Waals surface area (Å²) in [5, 5.41) is 9.12. The maximum absolute atomic E-state index is 11.1. The molecule has 1 fully saturated rings. The summed E-state index contributed by atoms with van der Waals surface area (Å²) in [6.07, 6.45) is 1.65. The molecule has 16 heavy (non-hydrogen) atoms. The van der Waals surface area contributed by atoms with Crippen molar-refractivity contribution in [3.8, 4) is 5.88 Å². The van der Waals surface area contributed by atoms with Crippen LogP contribution in [0.1, 0.15) is 25.3 Å². The summed E-state index contributed by atoms with van der Waals surface area (Å²) in [5.41, 5.74) is 0.671. The largest absolute Gasteiger partial charge is 0.481 e. The molecule has 0 radical (unpaired) electrons. The zero-order chi connectivity index (χ0) is 11.9. The predicted octanol–water partition coefficient (Wildman–Crippen LogP) is 1.91. The lowest BCUT2D eigenvalue weighted by atomic mass is 10.0. The molecule has 2 atom stereocenters. The lowest BCUT2D eigenvalue weighted by Crippen LogP contribution is -2.03. The molecule has 1 saturated carbocycles. The number of carboxylic acids is 1. The van der Waals surface area contributed by atoms with E-state index in [2.05, 4.69) is 4.98 Å². The van der Waals surface area contributed by atoms with Gasteiger partial charge in [-0.1, -0.05) is 19.9 Å². The Bertz CT molecular complexity index is 428. The molecule has 0 aliphatic heterocycles. The van der Waals surface area contributed by atoms with Crippen molar-refractivity contribution in [3.63, 3.8) is 0 Å². The van der Waals surface area contributed by atoms with Crippen molar-refractivity contribution in [1.29, 1.82) is 0 Å². The summed E-state index contributed by atoms with van der Waals surface area (Å²) in [5.74, 6) is -0.565. The Morgan fingerprint density at radius 1 is 1.56 bits per heavy atom. The van der Waals surface area contributed by atoms with Gasteiger partial charge < -0.3 is 9.84 Å². The second kappa shape index (κ2) is 3.47. The van der Waals surface area contributed by atoms with Crippen LogP contribution < -0.4 is 4.74 Å². The van der Waals surface area contributed by atoms with E-state index in [-0.39, 0.29) is 17.3 Å². The molecule has 1 N–H and O–H groups in total. The van der Waals surface area contributed by atoms with Crippen molar-refractivity contribution in [2.24, 2.45) is 11.3 Å². The van der Waals surface area contributed by atoms with Gasteiger partial charge in [-0.25, -0.2) is 4.98 Å². The maximum Gasteiger partial charge on any atom is 0.307 e. The number of methoxy groups -OCH3 is 1. The molecule has 4 nitrogen and oxygen atoms in total. The Balaban J connectivity index is 2.37. The number of hydrogen-bond acceptors (Lipinski definition) is 3. The third kappa shape index (κ3) is 1.45. The minimum atomic E-state index is -0.749. The highest BCUT2D eigenvalue weighted by molar-refractivity contribution is 5.77. The summed E-state index contributed by atoms with van der Waals surface area (Å²) in [6, 6.07) is 3.70. The summed E-state index contributed by atoms with van der Waals surface area (Å²) in [4.78, 5) is 15.2. The van der Waals surface area contributed by atoms with E-state index in [0.29, 0.717) is 5.88 Å². The minimum absolute atomic E-state index is 0.00588. The molecule has 0 aromatic carbocycles. The Morgan fingerprint density at radius 2 is 2.25 bits per heavy atom. The zero-order valence-electron chi connectivity index (χ0n) is 9.60. The molecule has 1 aliphatic carbocycles. The van der Waals surface area contributed by atoms with Gasteiger partial charge >= 0.3 is 5.97 Å². The molecule has 86 valence electrons. The van der Waals surface area contributed by atoms with Crippen LogP contribution in [-0.2, 0) is 4.79 Å². The molecule has 0 unspecified atom stereocenters. The number of carbonyl (C=O) groups is 1. The van der Waals surface area contributed by atoms with Crippen LogP contribution in [0.4, 0.5) is 0 Å². The van der Waals surface area contributed by atoms with Crippen LogP contribution in [0.15, 0.2) is 18.3 Å². The van der Waals surface area contributed by atoms with Crippen molar-refractivity contribution < 1.29 is 14.6 Å². The molecule has 0 amide bonds. The first-order valence-corrected chi connectivity index (χ1v) is 5.22. The fraction of sp³-hybridized carbons (Fsp3) is 0.500. The van der Waals surface area contributed by atoms with Crippen molar-refractivity contribution in [2.75, 3.05) is 7.11 Å². The number of nitrogens with zero attached hydrogens (tertiary/aromatic N) is 1. The monoisotopic (exact) mass is 221 g/mol. The Kier molecular flexibility index (Phi) is 2.37. The van der Waals surface area contributed by atoms with Gasteiger partial charge in [0.1, 0.15) is 0 Å². The molecule has 0 spiro atoms. The molecule has 2 rings (SSSR count). The summed E-state index contributed by atoms with van der Waals surface area (Å²) >= 11 is 0. The van der Waals surface area contributed by atoms with E-state index in [4.69, 9.17) is 9.84 Å². The van der Waals surface area contributed by atoms with E-state index in [9.17, 15) is 4.79 Å². The van der Waals surface area contributed by atoms with Crippen LogP contribution in [-0.4, -0.2) is 23.2 Å². The third-order valence-electron chi connectivity index (χ3n) is 3.42. The molecule has 0 saturated heterocycles. The highest BCUT2D eigenvalue weighted by atomic mass is 16.5. The highest BCUT2D eigenvalue weighted by Crippen LogP contribution is 2.65. The van der Waals surface area contributed by atoms with Crippen LogP contribution in [0.25, 0.3) is 0 Å². The number of hydrogen-bond donors (Lipinski definition) is 1. The van der Waals surface area contributed by atoms with Gasteiger partial charge in [-0.15, -0.1) is 0 Å². The van der Waals surface area contributed by atoms with E-state index in [1.807, 2.05) is 26.0 Å². The zero-order valence-corrected chi connectivity index (χ0v) is 9.60. The first-order valence-electron chi connectivity index (χ1n) is 5.22. The third-order valence-corrected chi connectivity index (χ3v) is 3.42. The molecule has 0 bridgehead atoms. The normalized spacial score (nSPS) is 26.2. The van der Waals surface area contributed by atoms with Gasteiger partial charge in [-0.3, -0.25) is 4.79 Å². The summed E-state index contributed by atoms with van der Waals surface area (Å²) in [6.45, 7) is 3.92. The number of ether oxygens (including phenoxy) is 1. The second-order valence-corrected chi connectivity index (χ2v) is 4.72. The van der Waals surface area contributed by atoms with Gasteiger partial charge in [0.2, 0.25) is 5.88 Å². The predicted molar refractivity (Wildman–Crippen MR) is 58.4 cm³/mol. The Labute approximate surface area is 94.3 Å². The lowest BCUT2D eigenvalue weighted by molar-refractivity contribution is -0.139. The van der Waals surface area contributed by atoms with E-state index in [0.717, 1.165) is 5.56 Å². The number of carboxylic acid groups (broad SMARTS) is 1. The Hall–Kier alpha value is -1.58. The second-order valence-electron chi connectivity index (χ2n) is 4.72. The first-order chi connectivity index (χ1) is 7.50. The molecular formula is C12H15NO3. The van der Waals surface area contributed by atoms with Gasteiger partial charge in [0, 0.05) is 17.7 Å². The van der Waals surface area contributed by atoms with Crippen molar-refractivity contribution >= 4 is 5.97 Å². The number of aliphatic carboxylic acids is 1. The maximum atomic E-state index is 11.1. The smallest absolute Gasteiger partial charge is 0.307 e. The summed E-state index contributed by atoms with van der Waals surface area (Å²) in [7, 11) is 1.55. The minimum Gasteiger partial charge on any atom is -0.481 e. The van der Waals surface area contributed by atoms with E-state index < -0.39 is 5.97 Å². The van der Waals surface area contributed by atoms with Crippen molar-refractivity contribution in [2.45, 2.75) is 19.8 Å². The fourth-order valence-electron chi connectivity index (χ4n) is 2.49. The SMILES string of the molecule is COc1ncccc1[C@@H]1[C@@H](C(=O)O)C1(C)C. The van der Waals surface area contributed by atoms with Crippen LogP contribution >= 0.6 is 0 Å². The number of pyridine rings is 1. The van der Waals surface area contributed by atoms with Gasteiger partial charge in [0.15, 0.2) is 0 Å². The molecule has 1 heterocycles. The van der Waals surface area contributed by atoms with Gasteiger partial charge in [0.25, 0.3) is 0 Å². The number of rotatable bonds is 3. The topological polar surface area (TPSA) is 59.4 Å². The standard InChI is InChI=1S/C12H15NO3/c1-12(2)8(9(12)11(14)15)7-5-4-6-13-10(7)16-3/h4-6,8-9H,1-3H3,(H,14,15)/t8-,9+/m1/s1. The van der Waals surface area contributed by atoms with Crippen molar-refractivity contribution in [3.05, 3.63) is 23.9 Å². The highest BCUT2D eigenvalue weighted by Gasteiger charge is 2.63. The van der Waals surface area contributed by atoms with Gasteiger partial charge in [-0.05, 0) is 11.5 Å². The van der Waals surface area contributed by atoms with E-state index in [1.54, 1.807) is 13.3 Å². The van der Waals surface area contributed by atoms with E-state index >= 15 is 0 Å².